The highest BCUT2D eigenvalue weighted by molar-refractivity contribution is 6.34. The highest BCUT2D eigenvalue weighted by Crippen LogP contribution is 2.44. The molecule has 0 aromatic heterocycles. The van der Waals surface area contributed by atoms with Gasteiger partial charge in [-0.15, -0.1) is 0 Å². The quantitative estimate of drug-likeness (QED) is 0.685. The SMILES string of the molecule is CC(NC(=O)C(C)C1(c2ccc3c(c2)OCO3)CCNCC1)c1cc(Cl)cc(Cl)c1. The van der Waals surface area contributed by atoms with Gasteiger partial charge in [-0.2, -0.15) is 0 Å². The molecule has 0 aliphatic carbocycles. The Morgan fingerprint density at radius 2 is 1.70 bits per heavy atom. The summed E-state index contributed by atoms with van der Waals surface area (Å²) in [6.07, 6.45) is 1.75. The summed E-state index contributed by atoms with van der Waals surface area (Å²) < 4.78 is 11.1. The highest BCUT2D eigenvalue weighted by atomic mass is 35.5. The number of benzene rings is 2. The zero-order valence-electron chi connectivity index (χ0n) is 17.1. The van der Waals surface area contributed by atoms with Crippen molar-refractivity contribution in [1.29, 1.82) is 0 Å². The van der Waals surface area contributed by atoms with Crippen molar-refractivity contribution in [2.24, 2.45) is 5.92 Å². The van der Waals surface area contributed by atoms with Crippen LogP contribution in [0.4, 0.5) is 0 Å². The Morgan fingerprint density at radius 1 is 1.03 bits per heavy atom. The first-order chi connectivity index (χ1) is 14.4. The Kier molecular flexibility index (Phi) is 6.14. The molecule has 2 atom stereocenters. The number of carbonyl (C=O) groups is 1. The van der Waals surface area contributed by atoms with Crippen LogP contribution in [0.5, 0.6) is 11.5 Å². The Bertz CT molecular complexity index is 924. The van der Waals surface area contributed by atoms with E-state index in [1.54, 1.807) is 6.07 Å². The van der Waals surface area contributed by atoms with Crippen LogP contribution in [0.3, 0.4) is 0 Å². The fourth-order valence-corrected chi connectivity index (χ4v) is 5.09. The summed E-state index contributed by atoms with van der Waals surface area (Å²) in [5.41, 5.74) is 1.73. The van der Waals surface area contributed by atoms with E-state index >= 15 is 0 Å². The maximum absolute atomic E-state index is 13.4. The van der Waals surface area contributed by atoms with Crippen molar-refractivity contribution in [1.82, 2.24) is 10.6 Å². The van der Waals surface area contributed by atoms with Gasteiger partial charge in [0.1, 0.15) is 0 Å². The summed E-state index contributed by atoms with van der Waals surface area (Å²) in [4.78, 5) is 13.4. The van der Waals surface area contributed by atoms with Crippen molar-refractivity contribution < 1.29 is 14.3 Å². The van der Waals surface area contributed by atoms with E-state index in [1.807, 2.05) is 38.1 Å². The van der Waals surface area contributed by atoms with Crippen LogP contribution in [-0.4, -0.2) is 25.8 Å². The number of amides is 1. The van der Waals surface area contributed by atoms with E-state index < -0.39 is 0 Å². The largest absolute Gasteiger partial charge is 0.454 e. The molecular weight excluding hydrogens is 423 g/mol. The lowest BCUT2D eigenvalue weighted by Gasteiger charge is -2.42. The van der Waals surface area contributed by atoms with Gasteiger partial charge in [-0.3, -0.25) is 4.79 Å². The summed E-state index contributed by atoms with van der Waals surface area (Å²) in [6, 6.07) is 11.2. The first kappa shape index (κ1) is 21.3. The van der Waals surface area contributed by atoms with Gasteiger partial charge in [0.2, 0.25) is 12.7 Å². The van der Waals surface area contributed by atoms with Gasteiger partial charge in [0.05, 0.1) is 6.04 Å². The summed E-state index contributed by atoms with van der Waals surface area (Å²) in [5.74, 6) is 1.29. The molecule has 30 heavy (non-hydrogen) atoms. The zero-order chi connectivity index (χ0) is 21.3. The molecule has 160 valence electrons. The molecule has 0 bridgehead atoms. The molecule has 2 aliphatic heterocycles. The van der Waals surface area contributed by atoms with Gasteiger partial charge >= 0.3 is 0 Å². The summed E-state index contributed by atoms with van der Waals surface area (Å²) in [6.45, 7) is 5.94. The minimum absolute atomic E-state index is 0.0122. The molecule has 0 saturated carbocycles. The maximum atomic E-state index is 13.4. The summed E-state index contributed by atoms with van der Waals surface area (Å²) in [5, 5.41) is 7.69. The molecule has 2 aromatic carbocycles. The maximum Gasteiger partial charge on any atom is 0.231 e. The van der Waals surface area contributed by atoms with Crippen LogP contribution < -0.4 is 20.1 Å². The van der Waals surface area contributed by atoms with E-state index in [0.29, 0.717) is 10.0 Å². The van der Waals surface area contributed by atoms with Gasteiger partial charge in [-0.05, 0) is 74.3 Å². The van der Waals surface area contributed by atoms with Gasteiger partial charge < -0.3 is 20.1 Å². The number of halogens is 2. The lowest BCUT2D eigenvalue weighted by Crippen LogP contribution is -2.49. The number of hydrogen-bond donors (Lipinski definition) is 2. The number of carbonyl (C=O) groups excluding carboxylic acids is 1. The van der Waals surface area contributed by atoms with E-state index in [0.717, 1.165) is 48.6 Å². The van der Waals surface area contributed by atoms with Crippen LogP contribution in [0.15, 0.2) is 36.4 Å². The minimum atomic E-state index is -0.276. The van der Waals surface area contributed by atoms with Crippen LogP contribution in [0.1, 0.15) is 43.9 Å². The lowest BCUT2D eigenvalue weighted by atomic mass is 9.65. The normalized spacial score (nSPS) is 19.2. The molecule has 5 nitrogen and oxygen atoms in total. The third-order valence-corrected chi connectivity index (χ3v) is 6.85. The molecule has 1 amide bonds. The first-order valence-electron chi connectivity index (χ1n) is 10.3. The van der Waals surface area contributed by atoms with Gasteiger partial charge in [-0.1, -0.05) is 36.2 Å². The molecule has 2 N–H and O–H groups in total. The van der Waals surface area contributed by atoms with Crippen LogP contribution in [0, 0.1) is 5.92 Å². The van der Waals surface area contributed by atoms with Gasteiger partial charge in [0.25, 0.3) is 0 Å². The fraction of sp³-hybridized carbons (Fsp3) is 0.435. The second-order valence-corrected chi connectivity index (χ2v) is 9.00. The van der Waals surface area contributed by atoms with Crippen LogP contribution in [0.25, 0.3) is 0 Å². The molecule has 1 saturated heterocycles. The second-order valence-electron chi connectivity index (χ2n) is 8.13. The third kappa shape index (κ3) is 4.11. The molecule has 2 unspecified atom stereocenters. The predicted octanol–water partition coefficient (Wildman–Crippen LogP) is 4.86. The molecule has 4 rings (SSSR count). The van der Waals surface area contributed by atoms with E-state index in [9.17, 15) is 4.79 Å². The molecule has 0 radical (unpaired) electrons. The first-order valence-corrected chi connectivity index (χ1v) is 11.0. The van der Waals surface area contributed by atoms with E-state index in [2.05, 4.69) is 16.7 Å². The predicted molar refractivity (Wildman–Crippen MR) is 119 cm³/mol. The van der Waals surface area contributed by atoms with Crippen molar-refractivity contribution in [3.8, 4) is 11.5 Å². The van der Waals surface area contributed by atoms with E-state index in [4.69, 9.17) is 32.7 Å². The standard InChI is InChI=1S/C23H26Cl2N2O3/c1-14(22(28)27-15(2)16-9-18(24)12-19(25)10-16)23(5-7-26-8-6-23)17-3-4-20-21(11-17)30-13-29-20/h3-4,9-12,14-15,26H,5-8,13H2,1-2H3,(H,27,28). The van der Waals surface area contributed by atoms with Crippen molar-refractivity contribution >= 4 is 29.1 Å². The number of ether oxygens (including phenoxy) is 2. The summed E-state index contributed by atoms with van der Waals surface area (Å²) in [7, 11) is 0. The highest BCUT2D eigenvalue weighted by Gasteiger charge is 2.43. The Morgan fingerprint density at radius 3 is 2.40 bits per heavy atom. The number of piperidine rings is 1. The minimum Gasteiger partial charge on any atom is -0.454 e. The molecule has 2 heterocycles. The third-order valence-electron chi connectivity index (χ3n) is 6.41. The Balaban J connectivity index is 1.59. The second kappa shape index (κ2) is 8.66. The van der Waals surface area contributed by atoms with Crippen LogP contribution >= 0.6 is 23.2 Å². The number of fused-ring (bicyclic) bond motifs is 1. The fourth-order valence-electron chi connectivity index (χ4n) is 4.55. The van der Waals surface area contributed by atoms with Crippen molar-refractivity contribution in [3.05, 3.63) is 57.6 Å². The molecule has 2 aromatic rings. The van der Waals surface area contributed by atoms with Gasteiger partial charge in [0.15, 0.2) is 11.5 Å². The Hall–Kier alpha value is -1.95. The van der Waals surface area contributed by atoms with Crippen molar-refractivity contribution in [3.63, 3.8) is 0 Å². The number of rotatable bonds is 5. The average Bonchev–Trinajstić information content (AvgIpc) is 3.21. The summed E-state index contributed by atoms with van der Waals surface area (Å²) >= 11 is 12.3. The molecule has 2 aliphatic rings. The van der Waals surface area contributed by atoms with Crippen molar-refractivity contribution in [2.45, 2.75) is 38.1 Å². The lowest BCUT2D eigenvalue weighted by molar-refractivity contribution is -0.127. The number of hydrogen-bond acceptors (Lipinski definition) is 4. The van der Waals surface area contributed by atoms with E-state index in [-0.39, 0.29) is 30.1 Å². The average molecular weight is 449 g/mol. The van der Waals surface area contributed by atoms with Gasteiger partial charge in [-0.25, -0.2) is 0 Å². The molecule has 7 heteroatoms. The van der Waals surface area contributed by atoms with Crippen molar-refractivity contribution in [2.75, 3.05) is 19.9 Å². The zero-order valence-corrected chi connectivity index (χ0v) is 18.6. The Labute approximate surface area is 187 Å². The monoisotopic (exact) mass is 448 g/mol. The molecular formula is C23H26Cl2N2O3. The number of nitrogens with one attached hydrogen (secondary N) is 2. The van der Waals surface area contributed by atoms with Gasteiger partial charge in [0, 0.05) is 21.4 Å². The molecule has 1 fully saturated rings. The van der Waals surface area contributed by atoms with Crippen LogP contribution in [-0.2, 0) is 10.2 Å². The molecule has 0 spiro atoms. The smallest absolute Gasteiger partial charge is 0.231 e. The topological polar surface area (TPSA) is 59.6 Å². The van der Waals surface area contributed by atoms with Crippen LogP contribution in [0.2, 0.25) is 10.0 Å². The van der Waals surface area contributed by atoms with E-state index in [1.165, 1.54) is 0 Å².